The summed E-state index contributed by atoms with van der Waals surface area (Å²) in [6.07, 6.45) is 4.08. The molecular formula is C35H56N6O8. The third kappa shape index (κ3) is 12.2. The van der Waals surface area contributed by atoms with Gasteiger partial charge in [0.1, 0.15) is 17.7 Å². The number of amidine groups is 1. The molecule has 0 aromatic heterocycles. The van der Waals surface area contributed by atoms with Crippen molar-refractivity contribution in [3.8, 4) is 0 Å². The number of Topliss-reactive ketones (excluding diaryl/α,β-unsaturated/α-hetero) is 4. The van der Waals surface area contributed by atoms with Crippen LogP contribution in [0.1, 0.15) is 118 Å². The fourth-order valence-corrected chi connectivity index (χ4v) is 7.23. The Kier molecular flexibility index (Phi) is 16.9. The molecule has 1 saturated heterocycles. The lowest BCUT2D eigenvalue weighted by atomic mass is 9.84. The van der Waals surface area contributed by atoms with Crippen molar-refractivity contribution in [2.24, 2.45) is 51.6 Å². The molecule has 2 unspecified atom stereocenters. The summed E-state index contributed by atoms with van der Waals surface area (Å²) >= 11 is 0. The summed E-state index contributed by atoms with van der Waals surface area (Å²) in [7, 11) is 0. The number of amides is 2. The first-order valence-electron chi connectivity index (χ1n) is 17.8. The molecule has 1 aliphatic heterocycles. The van der Waals surface area contributed by atoms with Gasteiger partial charge in [-0.25, -0.2) is 0 Å². The second-order valence-corrected chi connectivity index (χ2v) is 14.3. The van der Waals surface area contributed by atoms with E-state index in [0.717, 1.165) is 19.3 Å². The Hall–Kier alpha value is -3.84. The highest BCUT2D eigenvalue weighted by molar-refractivity contribution is 6.38. The second kappa shape index (κ2) is 20.0. The highest BCUT2D eigenvalue weighted by atomic mass is 16.4. The highest BCUT2D eigenvalue weighted by Gasteiger charge is 2.51. The van der Waals surface area contributed by atoms with Crippen molar-refractivity contribution in [1.29, 1.82) is 5.53 Å². The van der Waals surface area contributed by atoms with Crippen molar-refractivity contribution in [1.82, 2.24) is 10.2 Å². The number of hydrogen-bond acceptors (Lipinski definition) is 9. The van der Waals surface area contributed by atoms with Crippen molar-refractivity contribution in [3.05, 3.63) is 0 Å². The summed E-state index contributed by atoms with van der Waals surface area (Å²) in [5.74, 6) is -5.68. The van der Waals surface area contributed by atoms with E-state index in [2.05, 4.69) is 15.6 Å². The van der Waals surface area contributed by atoms with Crippen molar-refractivity contribution in [2.75, 3.05) is 6.54 Å². The normalized spacial score (nSPS) is 20.8. The number of nitrogens with zero attached hydrogens (tertiary/aromatic N) is 3. The number of unbranched alkanes of at least 4 members (excludes halogenated alkanes) is 1. The molecule has 14 nitrogen and oxygen atoms in total. The molecule has 0 bridgehead atoms. The molecule has 2 fully saturated rings. The molecule has 1 aliphatic carbocycles. The Bertz CT molecular complexity index is 1260. The lowest BCUT2D eigenvalue weighted by Gasteiger charge is -2.33. The standard InChI is InChI=1S/C35H56N6O8/c1-6-10-22(33(47)27(43)15-16-30(45)46)17-28(44)32-25-13-9-11-23(25)19-41(32)35(49)31(21(4)5)38-34(48)26(20(2)3)18-24(42)12-7-8-14-29(36)39-40-37/h20-23,25-26,31-32H,6-19H2,1-5H3,(H,38,48)(H,45,46)(H3,36,37,39)/t22?,23-,25-,26+,31-,32?/m0/s1. The molecule has 5 N–H and O–H groups in total. The first kappa shape index (κ1) is 41.3. The van der Waals surface area contributed by atoms with Crippen molar-refractivity contribution < 1.29 is 38.7 Å². The Morgan fingerprint density at radius 2 is 1.61 bits per heavy atom. The molecular weight excluding hydrogens is 632 g/mol. The fraction of sp³-hybridized carbons (Fsp3) is 0.771. The van der Waals surface area contributed by atoms with E-state index in [9.17, 15) is 33.6 Å². The van der Waals surface area contributed by atoms with Crippen LogP contribution < -0.4 is 11.1 Å². The number of rotatable bonds is 23. The molecule has 6 atom stereocenters. The third-order valence-corrected chi connectivity index (χ3v) is 9.94. The van der Waals surface area contributed by atoms with Gasteiger partial charge in [-0.15, -0.1) is 5.10 Å². The summed E-state index contributed by atoms with van der Waals surface area (Å²) in [4.78, 5) is 92.7. The zero-order valence-electron chi connectivity index (χ0n) is 29.7. The lowest BCUT2D eigenvalue weighted by molar-refractivity contribution is -0.145. The number of carbonyl (C=O) groups is 7. The molecule has 1 heterocycles. The number of nitrogens with one attached hydrogen (secondary N) is 2. The van der Waals surface area contributed by atoms with Crippen LogP contribution in [0.2, 0.25) is 0 Å². The van der Waals surface area contributed by atoms with Crippen LogP contribution in [0.15, 0.2) is 10.3 Å². The Balaban J connectivity index is 2.19. The van der Waals surface area contributed by atoms with Crippen LogP contribution in [0.25, 0.3) is 0 Å². The summed E-state index contributed by atoms with van der Waals surface area (Å²) in [5, 5.41) is 18.2. The maximum Gasteiger partial charge on any atom is 0.303 e. The predicted octanol–water partition coefficient (Wildman–Crippen LogP) is 4.23. The topological polar surface area (TPSA) is 230 Å². The molecule has 1 saturated carbocycles. The number of carboxylic acid groups (broad SMARTS) is 1. The number of aliphatic carboxylic acids is 1. The molecule has 49 heavy (non-hydrogen) atoms. The molecule has 0 radical (unpaired) electrons. The third-order valence-electron chi connectivity index (χ3n) is 9.94. The largest absolute Gasteiger partial charge is 0.481 e. The average molecular weight is 689 g/mol. The molecule has 0 aromatic rings. The number of nitrogens with two attached hydrogens (primary N) is 1. The van der Waals surface area contributed by atoms with Crippen molar-refractivity contribution >= 4 is 46.8 Å². The molecule has 0 spiro atoms. The smallest absolute Gasteiger partial charge is 0.303 e. The summed E-state index contributed by atoms with van der Waals surface area (Å²) < 4.78 is 0. The zero-order valence-corrected chi connectivity index (χ0v) is 29.7. The van der Waals surface area contributed by atoms with Crippen LogP contribution in [-0.4, -0.2) is 75.4 Å². The van der Waals surface area contributed by atoms with Gasteiger partial charge in [-0.3, -0.25) is 33.6 Å². The number of carboxylic acids is 1. The Morgan fingerprint density at radius 1 is 0.939 bits per heavy atom. The quantitative estimate of drug-likeness (QED) is 0.0300. The highest BCUT2D eigenvalue weighted by Crippen LogP contribution is 2.43. The average Bonchev–Trinajstić information content (AvgIpc) is 3.64. The monoisotopic (exact) mass is 688 g/mol. The van der Waals surface area contributed by atoms with Crippen molar-refractivity contribution in [3.63, 3.8) is 0 Å². The van der Waals surface area contributed by atoms with E-state index in [1.807, 2.05) is 34.6 Å². The van der Waals surface area contributed by atoms with Gasteiger partial charge >= 0.3 is 5.97 Å². The van der Waals surface area contributed by atoms with E-state index in [0.29, 0.717) is 38.6 Å². The van der Waals surface area contributed by atoms with E-state index in [-0.39, 0.29) is 66.2 Å². The number of fused-ring (bicyclic) bond motifs is 1. The predicted molar refractivity (Wildman–Crippen MR) is 181 cm³/mol. The van der Waals surface area contributed by atoms with Gasteiger partial charge in [-0.2, -0.15) is 5.53 Å². The van der Waals surface area contributed by atoms with Crippen molar-refractivity contribution in [2.45, 2.75) is 130 Å². The minimum atomic E-state index is -1.18. The maximum atomic E-state index is 14.2. The molecule has 2 aliphatic rings. The maximum absolute atomic E-state index is 14.2. The first-order valence-corrected chi connectivity index (χ1v) is 17.8. The van der Waals surface area contributed by atoms with Crippen LogP contribution in [0.5, 0.6) is 0 Å². The molecule has 274 valence electrons. The van der Waals surface area contributed by atoms with Gasteiger partial charge < -0.3 is 21.1 Å². The van der Waals surface area contributed by atoms with E-state index in [1.165, 1.54) is 0 Å². The van der Waals surface area contributed by atoms with Crippen LogP contribution in [0.3, 0.4) is 0 Å². The molecule has 2 amide bonds. The number of carbonyl (C=O) groups excluding carboxylic acids is 6. The molecule has 14 heteroatoms. The van der Waals surface area contributed by atoms with E-state index in [4.69, 9.17) is 16.4 Å². The number of hydrogen-bond donors (Lipinski definition) is 4. The van der Waals surface area contributed by atoms with E-state index < -0.39 is 60.2 Å². The molecule has 2 rings (SSSR count). The second-order valence-electron chi connectivity index (χ2n) is 14.3. The van der Waals surface area contributed by atoms with E-state index in [1.54, 1.807) is 4.90 Å². The van der Waals surface area contributed by atoms with Gasteiger partial charge in [0.25, 0.3) is 0 Å². The van der Waals surface area contributed by atoms with Crippen LogP contribution in [0, 0.1) is 41.0 Å². The first-order chi connectivity index (χ1) is 23.1. The Morgan fingerprint density at radius 3 is 2.20 bits per heavy atom. The summed E-state index contributed by atoms with van der Waals surface area (Å²) in [5.41, 5.74) is 12.4. The van der Waals surface area contributed by atoms with Crippen LogP contribution in [-0.2, 0) is 33.6 Å². The van der Waals surface area contributed by atoms with Gasteiger partial charge in [-0.1, -0.05) is 52.7 Å². The van der Waals surface area contributed by atoms with Crippen LogP contribution in [0.4, 0.5) is 0 Å². The zero-order chi connectivity index (χ0) is 36.8. The van der Waals surface area contributed by atoms with Gasteiger partial charge in [-0.05, 0) is 55.8 Å². The lowest BCUT2D eigenvalue weighted by Crippen LogP contribution is -2.56. The van der Waals surface area contributed by atoms with Gasteiger partial charge in [0, 0.05) is 50.5 Å². The van der Waals surface area contributed by atoms with Crippen LogP contribution >= 0.6 is 0 Å². The van der Waals surface area contributed by atoms with Gasteiger partial charge in [0.05, 0.1) is 12.5 Å². The summed E-state index contributed by atoms with van der Waals surface area (Å²) in [6.45, 7) is 9.52. The molecule has 0 aromatic carbocycles. The minimum Gasteiger partial charge on any atom is -0.481 e. The van der Waals surface area contributed by atoms with Gasteiger partial charge in [0.15, 0.2) is 11.6 Å². The minimum absolute atomic E-state index is 0.0150. The van der Waals surface area contributed by atoms with E-state index >= 15 is 0 Å². The number of ketones is 4. The fourth-order valence-electron chi connectivity index (χ4n) is 7.23. The summed E-state index contributed by atoms with van der Waals surface area (Å²) in [6, 6.07) is -1.72. The Labute approximate surface area is 289 Å². The SMILES string of the molecule is CCCC(CC(=O)C1[C@H]2CCC[C@H]2CN1C(=O)[C@@H](NC(=O)[C@H](CC(=O)CCCCC(N)=NN=N)C(C)C)C(C)C)C(=O)C(=O)CCC(=O)O. The van der Waals surface area contributed by atoms with Gasteiger partial charge in [0.2, 0.25) is 17.6 Å². The number of likely N-dealkylation sites (tertiary alicyclic amines) is 1.